The van der Waals surface area contributed by atoms with Crippen LogP contribution in [0.4, 0.5) is 0 Å². The van der Waals surface area contributed by atoms with Crippen molar-refractivity contribution in [2.45, 2.75) is 20.3 Å². The number of benzene rings is 3. The molecule has 0 fully saturated rings. The molecule has 0 atom stereocenters. The highest BCUT2D eigenvalue weighted by atomic mass is 16.4. The first-order valence-corrected chi connectivity index (χ1v) is 9.12. The van der Waals surface area contributed by atoms with Gasteiger partial charge in [0.05, 0.1) is 6.26 Å². The topological polar surface area (TPSA) is 43.4 Å². The van der Waals surface area contributed by atoms with Crippen molar-refractivity contribution in [3.63, 3.8) is 0 Å². The smallest absolute Gasteiger partial charge is 0.339 e. The number of furan rings is 1. The summed E-state index contributed by atoms with van der Waals surface area (Å²) < 4.78 is 11.3. The van der Waals surface area contributed by atoms with Gasteiger partial charge in [-0.1, -0.05) is 43.3 Å². The van der Waals surface area contributed by atoms with Crippen LogP contribution in [0.15, 0.2) is 74.5 Å². The van der Waals surface area contributed by atoms with Crippen LogP contribution in [-0.4, -0.2) is 0 Å². The summed E-state index contributed by atoms with van der Waals surface area (Å²) in [5, 5.41) is 4.39. The zero-order valence-electron chi connectivity index (χ0n) is 15.2. The van der Waals surface area contributed by atoms with Crippen LogP contribution in [0.1, 0.15) is 18.1 Å². The Morgan fingerprint density at radius 2 is 1.70 bits per heavy atom. The monoisotopic (exact) mass is 354 g/mol. The van der Waals surface area contributed by atoms with Crippen LogP contribution < -0.4 is 5.63 Å². The summed E-state index contributed by atoms with van der Waals surface area (Å²) >= 11 is 0. The Kier molecular flexibility index (Phi) is 3.44. The molecule has 2 aromatic heterocycles. The maximum absolute atomic E-state index is 12.2. The van der Waals surface area contributed by atoms with Crippen molar-refractivity contribution < 1.29 is 8.83 Å². The number of hydrogen-bond donors (Lipinski definition) is 0. The van der Waals surface area contributed by atoms with Crippen molar-refractivity contribution in [3.8, 4) is 11.1 Å². The minimum Gasteiger partial charge on any atom is -0.464 e. The second-order valence-electron chi connectivity index (χ2n) is 6.90. The lowest BCUT2D eigenvalue weighted by Crippen LogP contribution is -2.08. The summed E-state index contributed by atoms with van der Waals surface area (Å²) in [6.07, 6.45) is 2.44. The average Bonchev–Trinajstić information content (AvgIpc) is 3.09. The van der Waals surface area contributed by atoms with Gasteiger partial charge in [-0.15, -0.1) is 0 Å². The van der Waals surface area contributed by atoms with Gasteiger partial charge in [0.2, 0.25) is 0 Å². The summed E-state index contributed by atoms with van der Waals surface area (Å²) in [6, 6.07) is 18.6. The molecule has 27 heavy (non-hydrogen) atoms. The summed E-state index contributed by atoms with van der Waals surface area (Å²) in [5.41, 5.74) is 4.90. The molecule has 0 radical (unpaired) electrons. The van der Waals surface area contributed by atoms with Gasteiger partial charge in [0, 0.05) is 28.0 Å². The van der Waals surface area contributed by atoms with Gasteiger partial charge in [0.25, 0.3) is 0 Å². The number of hydrogen-bond acceptors (Lipinski definition) is 3. The van der Waals surface area contributed by atoms with Gasteiger partial charge in [0.1, 0.15) is 11.2 Å². The zero-order chi connectivity index (χ0) is 18.5. The van der Waals surface area contributed by atoms with Crippen molar-refractivity contribution in [1.82, 2.24) is 0 Å². The fourth-order valence-corrected chi connectivity index (χ4v) is 3.90. The molecule has 0 aliphatic heterocycles. The van der Waals surface area contributed by atoms with Crippen molar-refractivity contribution >= 4 is 32.7 Å². The highest BCUT2D eigenvalue weighted by molar-refractivity contribution is 6.03. The fraction of sp³-hybridized carbons (Fsp3) is 0.125. The molecule has 3 aromatic carbocycles. The van der Waals surface area contributed by atoms with Crippen LogP contribution in [0, 0.1) is 6.92 Å². The van der Waals surface area contributed by atoms with Crippen LogP contribution in [0.5, 0.6) is 0 Å². The van der Waals surface area contributed by atoms with Crippen LogP contribution in [0.3, 0.4) is 0 Å². The second kappa shape index (κ2) is 5.85. The van der Waals surface area contributed by atoms with Gasteiger partial charge >= 0.3 is 5.63 Å². The molecule has 3 nitrogen and oxygen atoms in total. The van der Waals surface area contributed by atoms with E-state index < -0.39 is 0 Å². The van der Waals surface area contributed by atoms with Crippen molar-refractivity contribution in [2.24, 2.45) is 0 Å². The predicted octanol–water partition coefficient (Wildman–Crippen LogP) is 6.23. The maximum Gasteiger partial charge on any atom is 0.339 e. The molecule has 132 valence electrons. The third-order valence-corrected chi connectivity index (χ3v) is 5.40. The number of aryl methyl sites for hydroxylation is 1. The Hall–Kier alpha value is -3.33. The largest absolute Gasteiger partial charge is 0.464 e. The molecule has 0 bridgehead atoms. The molecule has 0 aliphatic carbocycles. The predicted molar refractivity (Wildman–Crippen MR) is 109 cm³/mol. The zero-order valence-corrected chi connectivity index (χ0v) is 15.2. The summed E-state index contributed by atoms with van der Waals surface area (Å²) in [6.45, 7) is 3.96. The fourth-order valence-electron chi connectivity index (χ4n) is 3.90. The Morgan fingerprint density at radius 1 is 0.889 bits per heavy atom. The van der Waals surface area contributed by atoms with E-state index in [2.05, 4.69) is 36.4 Å². The minimum atomic E-state index is -0.261. The van der Waals surface area contributed by atoms with E-state index in [0.29, 0.717) is 12.0 Å². The Balaban J connectivity index is 1.80. The van der Waals surface area contributed by atoms with Gasteiger partial charge in [0.15, 0.2) is 0 Å². The normalized spacial score (nSPS) is 11.6. The molecule has 0 unspecified atom stereocenters. The van der Waals surface area contributed by atoms with Gasteiger partial charge in [-0.3, -0.25) is 0 Å². The third kappa shape index (κ3) is 2.39. The lowest BCUT2D eigenvalue weighted by atomic mass is 9.98. The molecular weight excluding hydrogens is 336 g/mol. The van der Waals surface area contributed by atoms with Crippen LogP contribution in [0.25, 0.3) is 43.8 Å². The Bertz CT molecular complexity index is 1390. The third-order valence-electron chi connectivity index (χ3n) is 5.40. The summed E-state index contributed by atoms with van der Waals surface area (Å²) in [7, 11) is 0. The van der Waals surface area contributed by atoms with E-state index in [1.807, 2.05) is 32.0 Å². The maximum atomic E-state index is 12.2. The first-order valence-electron chi connectivity index (χ1n) is 9.12. The SMILES string of the molecule is CCc1c(C)c2cc3c(-c4ccc5ccccc5c4)coc3cc2oc1=O. The first-order chi connectivity index (χ1) is 13.2. The standard InChI is InChI=1S/C24H18O3/c1-3-18-14(2)19-11-20-21(13-26-22(20)12-23(19)27-24(18)25)17-9-8-15-6-4-5-7-16(15)10-17/h4-13H,3H2,1-2H3. The van der Waals surface area contributed by atoms with E-state index in [9.17, 15) is 4.79 Å². The van der Waals surface area contributed by atoms with E-state index in [1.54, 1.807) is 6.26 Å². The van der Waals surface area contributed by atoms with E-state index in [-0.39, 0.29) is 5.63 Å². The molecule has 0 aliphatic rings. The van der Waals surface area contributed by atoms with Gasteiger partial charge in [-0.05, 0) is 47.4 Å². The highest BCUT2D eigenvalue weighted by Gasteiger charge is 2.15. The molecule has 5 aromatic rings. The van der Waals surface area contributed by atoms with E-state index >= 15 is 0 Å². The second-order valence-corrected chi connectivity index (χ2v) is 6.90. The molecule has 2 heterocycles. The summed E-state index contributed by atoms with van der Waals surface area (Å²) in [5.74, 6) is 0. The number of rotatable bonds is 2. The first kappa shape index (κ1) is 15.9. The van der Waals surface area contributed by atoms with Gasteiger partial charge in [-0.2, -0.15) is 0 Å². The highest BCUT2D eigenvalue weighted by Crippen LogP contribution is 2.35. The average molecular weight is 354 g/mol. The van der Waals surface area contributed by atoms with Crippen LogP contribution in [-0.2, 0) is 6.42 Å². The number of fused-ring (bicyclic) bond motifs is 3. The summed E-state index contributed by atoms with van der Waals surface area (Å²) in [4.78, 5) is 12.2. The van der Waals surface area contributed by atoms with E-state index in [0.717, 1.165) is 38.6 Å². The lowest BCUT2D eigenvalue weighted by molar-refractivity contribution is 0.548. The van der Waals surface area contributed by atoms with Crippen LogP contribution >= 0.6 is 0 Å². The van der Waals surface area contributed by atoms with Gasteiger partial charge < -0.3 is 8.83 Å². The molecular formula is C24H18O3. The minimum absolute atomic E-state index is 0.261. The molecule has 0 saturated heterocycles. The molecule has 0 amide bonds. The Morgan fingerprint density at radius 3 is 2.52 bits per heavy atom. The Labute approximate surface area is 155 Å². The van der Waals surface area contributed by atoms with Crippen molar-refractivity contribution in [2.75, 3.05) is 0 Å². The van der Waals surface area contributed by atoms with Crippen molar-refractivity contribution in [3.05, 3.63) is 82.4 Å². The van der Waals surface area contributed by atoms with E-state index in [1.165, 1.54) is 10.8 Å². The molecule has 5 rings (SSSR count). The lowest BCUT2D eigenvalue weighted by Gasteiger charge is -2.07. The molecule has 3 heteroatoms. The van der Waals surface area contributed by atoms with Crippen LogP contribution in [0.2, 0.25) is 0 Å². The molecule has 0 spiro atoms. The van der Waals surface area contributed by atoms with E-state index in [4.69, 9.17) is 8.83 Å². The molecule has 0 N–H and O–H groups in total. The quantitative estimate of drug-likeness (QED) is 0.353. The van der Waals surface area contributed by atoms with Crippen molar-refractivity contribution in [1.29, 1.82) is 0 Å². The molecule has 0 saturated carbocycles. The van der Waals surface area contributed by atoms with Gasteiger partial charge in [-0.25, -0.2) is 4.79 Å².